The van der Waals surface area contributed by atoms with Crippen molar-refractivity contribution in [3.05, 3.63) is 65.7 Å². The topological polar surface area (TPSA) is 38.3 Å². The Morgan fingerprint density at radius 2 is 1.82 bits per heavy atom. The van der Waals surface area contributed by atoms with Crippen molar-refractivity contribution in [1.29, 1.82) is 0 Å². The van der Waals surface area contributed by atoms with Crippen molar-refractivity contribution >= 4 is 17.7 Å². The maximum atomic E-state index is 11.7. The van der Waals surface area contributed by atoms with Gasteiger partial charge in [0.25, 0.3) is 0 Å². The molecular formula is C18H21NO2S. The van der Waals surface area contributed by atoms with Gasteiger partial charge in [-0.05, 0) is 24.6 Å². The molecule has 0 atom stereocenters. The standard InChI is InChI=1S/C18H21NO2S/c1-15-7-9-16(10-8-15)13-22-14-18(20)19-11-12-21-17-5-3-2-4-6-17/h2-10H,11-14H2,1H3,(H,19,20). The van der Waals surface area contributed by atoms with Crippen LogP contribution in [0.2, 0.25) is 0 Å². The average Bonchev–Trinajstić information content (AvgIpc) is 2.54. The Balaban J connectivity index is 1.55. The monoisotopic (exact) mass is 315 g/mol. The fourth-order valence-corrected chi connectivity index (χ4v) is 2.69. The first-order chi connectivity index (χ1) is 10.7. The van der Waals surface area contributed by atoms with E-state index in [9.17, 15) is 4.79 Å². The molecule has 0 fully saturated rings. The summed E-state index contributed by atoms with van der Waals surface area (Å²) in [5.41, 5.74) is 2.50. The Kier molecular flexibility index (Phi) is 6.84. The van der Waals surface area contributed by atoms with Crippen LogP contribution in [-0.4, -0.2) is 24.8 Å². The fraction of sp³-hybridized carbons (Fsp3) is 0.278. The minimum absolute atomic E-state index is 0.0498. The minimum Gasteiger partial charge on any atom is -0.492 e. The van der Waals surface area contributed by atoms with Gasteiger partial charge in [-0.25, -0.2) is 0 Å². The summed E-state index contributed by atoms with van der Waals surface area (Å²) in [6.45, 7) is 3.08. The number of ether oxygens (including phenoxy) is 1. The highest BCUT2D eigenvalue weighted by molar-refractivity contribution is 7.99. The lowest BCUT2D eigenvalue weighted by Gasteiger charge is -2.07. The van der Waals surface area contributed by atoms with Crippen molar-refractivity contribution in [1.82, 2.24) is 5.32 Å². The van der Waals surface area contributed by atoms with Gasteiger partial charge in [0.2, 0.25) is 5.91 Å². The SMILES string of the molecule is Cc1ccc(CSCC(=O)NCCOc2ccccc2)cc1. The number of benzene rings is 2. The Bertz CT molecular complexity index is 569. The number of aryl methyl sites for hydroxylation is 1. The largest absolute Gasteiger partial charge is 0.492 e. The highest BCUT2D eigenvalue weighted by Gasteiger charge is 2.02. The third-order valence-electron chi connectivity index (χ3n) is 3.06. The summed E-state index contributed by atoms with van der Waals surface area (Å²) in [5.74, 6) is 2.20. The van der Waals surface area contributed by atoms with Crippen LogP contribution < -0.4 is 10.1 Å². The molecule has 2 aromatic carbocycles. The van der Waals surface area contributed by atoms with Crippen LogP contribution in [0.25, 0.3) is 0 Å². The van der Waals surface area contributed by atoms with E-state index in [4.69, 9.17) is 4.74 Å². The summed E-state index contributed by atoms with van der Waals surface area (Å²) in [6.07, 6.45) is 0. The van der Waals surface area contributed by atoms with E-state index in [-0.39, 0.29) is 5.91 Å². The number of thioether (sulfide) groups is 1. The quantitative estimate of drug-likeness (QED) is 0.759. The molecule has 0 aliphatic rings. The second-order valence-corrected chi connectivity index (χ2v) is 5.98. The molecule has 2 rings (SSSR count). The van der Waals surface area contributed by atoms with Crippen molar-refractivity contribution in [2.75, 3.05) is 18.9 Å². The first kappa shape index (κ1) is 16.4. The number of amides is 1. The average molecular weight is 315 g/mol. The summed E-state index contributed by atoms with van der Waals surface area (Å²) in [5, 5.41) is 2.86. The molecule has 0 bridgehead atoms. The molecule has 0 saturated carbocycles. The van der Waals surface area contributed by atoms with Crippen LogP contribution in [0, 0.1) is 6.92 Å². The number of nitrogens with one attached hydrogen (secondary N) is 1. The normalized spacial score (nSPS) is 10.2. The Morgan fingerprint density at radius 3 is 2.55 bits per heavy atom. The molecule has 0 heterocycles. The van der Waals surface area contributed by atoms with Gasteiger partial charge in [0.1, 0.15) is 12.4 Å². The van der Waals surface area contributed by atoms with Crippen molar-refractivity contribution in [2.45, 2.75) is 12.7 Å². The van der Waals surface area contributed by atoms with Crippen molar-refractivity contribution in [3.8, 4) is 5.75 Å². The Labute approximate surface area is 136 Å². The van der Waals surface area contributed by atoms with Crippen LogP contribution in [0.15, 0.2) is 54.6 Å². The van der Waals surface area contributed by atoms with E-state index in [1.807, 2.05) is 30.3 Å². The van der Waals surface area contributed by atoms with E-state index >= 15 is 0 Å². The molecule has 0 aromatic heterocycles. The zero-order valence-electron chi connectivity index (χ0n) is 12.7. The van der Waals surface area contributed by atoms with Gasteiger partial charge in [-0.15, -0.1) is 11.8 Å². The van der Waals surface area contributed by atoms with Crippen LogP contribution in [0.1, 0.15) is 11.1 Å². The molecule has 0 spiro atoms. The number of carbonyl (C=O) groups excluding carboxylic acids is 1. The highest BCUT2D eigenvalue weighted by Crippen LogP contribution is 2.12. The van der Waals surface area contributed by atoms with Gasteiger partial charge in [-0.2, -0.15) is 0 Å². The predicted molar refractivity (Wildman–Crippen MR) is 92.3 cm³/mol. The minimum atomic E-state index is 0.0498. The van der Waals surface area contributed by atoms with Crippen molar-refractivity contribution in [2.24, 2.45) is 0 Å². The van der Waals surface area contributed by atoms with Crippen LogP contribution in [0.3, 0.4) is 0 Å². The summed E-state index contributed by atoms with van der Waals surface area (Å²) in [4.78, 5) is 11.7. The van der Waals surface area contributed by atoms with E-state index in [0.717, 1.165) is 11.5 Å². The van der Waals surface area contributed by atoms with E-state index < -0.39 is 0 Å². The zero-order chi connectivity index (χ0) is 15.6. The Hall–Kier alpha value is -1.94. The van der Waals surface area contributed by atoms with E-state index in [1.165, 1.54) is 11.1 Å². The molecule has 0 saturated heterocycles. The highest BCUT2D eigenvalue weighted by atomic mass is 32.2. The fourth-order valence-electron chi connectivity index (χ4n) is 1.87. The second kappa shape index (κ2) is 9.15. The van der Waals surface area contributed by atoms with Gasteiger partial charge in [0.15, 0.2) is 0 Å². The molecule has 0 aliphatic carbocycles. The molecule has 0 aliphatic heterocycles. The number of para-hydroxylation sites is 1. The maximum absolute atomic E-state index is 11.7. The molecule has 1 amide bonds. The van der Waals surface area contributed by atoms with Crippen LogP contribution in [-0.2, 0) is 10.5 Å². The molecule has 0 radical (unpaired) electrons. The number of hydrogen-bond donors (Lipinski definition) is 1. The molecule has 3 nitrogen and oxygen atoms in total. The molecule has 0 unspecified atom stereocenters. The second-order valence-electron chi connectivity index (χ2n) is 4.99. The van der Waals surface area contributed by atoms with Crippen LogP contribution >= 0.6 is 11.8 Å². The van der Waals surface area contributed by atoms with Gasteiger partial charge >= 0.3 is 0 Å². The van der Waals surface area contributed by atoms with E-state index in [0.29, 0.717) is 18.9 Å². The Morgan fingerprint density at radius 1 is 1.09 bits per heavy atom. The van der Waals surface area contributed by atoms with Crippen LogP contribution in [0.5, 0.6) is 5.75 Å². The maximum Gasteiger partial charge on any atom is 0.230 e. The molecule has 4 heteroatoms. The number of hydrogen-bond acceptors (Lipinski definition) is 3. The summed E-state index contributed by atoms with van der Waals surface area (Å²) in [6, 6.07) is 18.0. The van der Waals surface area contributed by atoms with Crippen molar-refractivity contribution in [3.63, 3.8) is 0 Å². The summed E-state index contributed by atoms with van der Waals surface area (Å²) < 4.78 is 5.52. The first-order valence-corrected chi connectivity index (χ1v) is 8.47. The smallest absolute Gasteiger partial charge is 0.230 e. The first-order valence-electron chi connectivity index (χ1n) is 7.32. The van der Waals surface area contributed by atoms with Gasteiger partial charge in [-0.1, -0.05) is 48.0 Å². The predicted octanol–water partition coefficient (Wildman–Crippen LogP) is 3.42. The van der Waals surface area contributed by atoms with E-state index in [2.05, 4.69) is 36.5 Å². The zero-order valence-corrected chi connectivity index (χ0v) is 13.6. The molecule has 22 heavy (non-hydrogen) atoms. The lowest BCUT2D eigenvalue weighted by atomic mass is 10.2. The summed E-state index contributed by atoms with van der Waals surface area (Å²) >= 11 is 1.62. The van der Waals surface area contributed by atoms with Gasteiger partial charge in [0.05, 0.1) is 12.3 Å². The molecule has 116 valence electrons. The van der Waals surface area contributed by atoms with Crippen molar-refractivity contribution < 1.29 is 9.53 Å². The van der Waals surface area contributed by atoms with E-state index in [1.54, 1.807) is 11.8 Å². The molecular weight excluding hydrogens is 294 g/mol. The third kappa shape index (κ3) is 6.22. The number of rotatable bonds is 8. The lowest BCUT2D eigenvalue weighted by molar-refractivity contribution is -0.118. The number of carbonyl (C=O) groups is 1. The van der Waals surface area contributed by atoms with Gasteiger partial charge < -0.3 is 10.1 Å². The third-order valence-corrected chi connectivity index (χ3v) is 4.06. The molecule has 1 N–H and O–H groups in total. The lowest BCUT2D eigenvalue weighted by Crippen LogP contribution is -2.29. The van der Waals surface area contributed by atoms with Gasteiger partial charge in [-0.3, -0.25) is 4.79 Å². The van der Waals surface area contributed by atoms with Crippen LogP contribution in [0.4, 0.5) is 0 Å². The van der Waals surface area contributed by atoms with Gasteiger partial charge in [0, 0.05) is 5.75 Å². The summed E-state index contributed by atoms with van der Waals surface area (Å²) in [7, 11) is 0. The molecule has 2 aromatic rings.